The van der Waals surface area contributed by atoms with Gasteiger partial charge in [-0.25, -0.2) is 0 Å². The molecule has 2 aromatic rings. The first kappa shape index (κ1) is 21.6. The predicted octanol–water partition coefficient (Wildman–Crippen LogP) is -5.26. The molecule has 2 rings (SSSR count). The molecule has 0 saturated carbocycles. The molecular weight excluding hydrogens is 308 g/mol. The molecule has 0 spiro atoms. The van der Waals surface area contributed by atoms with Gasteiger partial charge in [0.05, 0.1) is 31.3 Å². The second kappa shape index (κ2) is 10.4. The number of rotatable bonds is 7. The van der Waals surface area contributed by atoms with Gasteiger partial charge in [-0.2, -0.15) is 5.10 Å². The van der Waals surface area contributed by atoms with Crippen LogP contribution in [0.1, 0.15) is 2.85 Å². The van der Waals surface area contributed by atoms with Crippen LogP contribution in [0.5, 0.6) is 0 Å². The Morgan fingerprint density at radius 1 is 1.14 bits per heavy atom. The van der Waals surface area contributed by atoms with Crippen molar-refractivity contribution in [3.05, 3.63) is 30.5 Å². The van der Waals surface area contributed by atoms with Crippen LogP contribution in [0.15, 0.2) is 30.5 Å². The molecule has 0 amide bonds. The molecule has 9 heteroatoms. The molecule has 0 aliphatic heterocycles. The zero-order chi connectivity index (χ0) is 14.5. The van der Waals surface area contributed by atoms with Crippen molar-refractivity contribution in [2.24, 2.45) is 0 Å². The van der Waals surface area contributed by atoms with Crippen LogP contribution in [-0.2, 0) is 16.1 Å². The minimum atomic E-state index is -1.04. The first-order chi connectivity index (χ1) is 9.56. The number of para-hydroxylation sites is 1. The molecule has 0 aliphatic carbocycles. The van der Waals surface area contributed by atoms with Gasteiger partial charge in [0.25, 0.3) is 0 Å². The molecular formula is C13H17N3Na2O4. The topological polar surface area (TPSA) is 95.7 Å². The Kier molecular flexibility index (Phi) is 10.2. The Bertz CT molecular complexity index is 626. The molecule has 7 nitrogen and oxygen atoms in total. The average molecular weight is 325 g/mol. The summed E-state index contributed by atoms with van der Waals surface area (Å²) in [6, 6.07) is 7.66. The SMILES string of the molecule is O=C(O)CN(CCn1ncc2ccccc21)CC(=O)O.[H-].[H-].[Na+].[Na+]. The summed E-state index contributed by atoms with van der Waals surface area (Å²) >= 11 is 0. The van der Waals surface area contributed by atoms with E-state index in [-0.39, 0.29) is 75.1 Å². The third-order valence-electron chi connectivity index (χ3n) is 2.90. The van der Waals surface area contributed by atoms with Gasteiger partial charge in [-0.1, -0.05) is 18.2 Å². The number of aromatic nitrogens is 2. The van der Waals surface area contributed by atoms with Gasteiger partial charge in [-0.3, -0.25) is 19.2 Å². The average Bonchev–Trinajstić information content (AvgIpc) is 2.78. The largest absolute Gasteiger partial charge is 1.00 e. The molecule has 0 unspecified atom stereocenters. The minimum Gasteiger partial charge on any atom is -1.00 e. The van der Waals surface area contributed by atoms with Gasteiger partial charge in [0.15, 0.2) is 0 Å². The summed E-state index contributed by atoms with van der Waals surface area (Å²) < 4.78 is 1.74. The van der Waals surface area contributed by atoms with E-state index in [0.717, 1.165) is 10.9 Å². The predicted molar refractivity (Wildman–Crippen MR) is 73.7 cm³/mol. The molecule has 0 aliphatic rings. The van der Waals surface area contributed by atoms with Crippen molar-refractivity contribution >= 4 is 22.8 Å². The Morgan fingerprint density at radius 3 is 2.32 bits per heavy atom. The molecule has 0 radical (unpaired) electrons. The van der Waals surface area contributed by atoms with E-state index < -0.39 is 11.9 Å². The number of fused-ring (bicyclic) bond motifs is 1. The van der Waals surface area contributed by atoms with Gasteiger partial charge in [0, 0.05) is 11.9 Å². The van der Waals surface area contributed by atoms with Crippen molar-refractivity contribution in [1.29, 1.82) is 0 Å². The van der Waals surface area contributed by atoms with Gasteiger partial charge in [0.1, 0.15) is 0 Å². The zero-order valence-corrected chi connectivity index (χ0v) is 16.8. The summed E-state index contributed by atoms with van der Waals surface area (Å²) in [6.45, 7) is 0.148. The summed E-state index contributed by atoms with van der Waals surface area (Å²) in [5.74, 6) is -2.09. The van der Waals surface area contributed by atoms with Crippen LogP contribution < -0.4 is 59.1 Å². The number of aliphatic carboxylic acids is 2. The Labute approximate surface area is 174 Å². The van der Waals surface area contributed by atoms with Crippen molar-refractivity contribution < 1.29 is 81.8 Å². The van der Waals surface area contributed by atoms with E-state index in [2.05, 4.69) is 5.10 Å². The monoisotopic (exact) mass is 325 g/mol. The second-order valence-electron chi connectivity index (χ2n) is 4.42. The van der Waals surface area contributed by atoms with Gasteiger partial charge in [-0.05, 0) is 6.07 Å². The number of carboxylic acids is 2. The van der Waals surface area contributed by atoms with Crippen LogP contribution in [-0.4, -0.2) is 56.5 Å². The maximum atomic E-state index is 10.7. The minimum absolute atomic E-state index is 0. The first-order valence-electron chi connectivity index (χ1n) is 6.13. The maximum Gasteiger partial charge on any atom is 1.00 e. The van der Waals surface area contributed by atoms with Crippen LogP contribution in [0.3, 0.4) is 0 Å². The van der Waals surface area contributed by atoms with Gasteiger partial charge >= 0.3 is 71.1 Å². The number of carbonyl (C=O) groups is 2. The number of hydrogen-bond donors (Lipinski definition) is 2. The van der Waals surface area contributed by atoms with E-state index in [1.165, 1.54) is 4.90 Å². The van der Waals surface area contributed by atoms with E-state index in [1.807, 2.05) is 24.3 Å². The van der Waals surface area contributed by atoms with Crippen molar-refractivity contribution in [3.63, 3.8) is 0 Å². The summed E-state index contributed by atoms with van der Waals surface area (Å²) in [5.41, 5.74) is 0.943. The summed E-state index contributed by atoms with van der Waals surface area (Å²) in [6.07, 6.45) is 1.73. The Hall–Kier alpha value is -0.410. The van der Waals surface area contributed by atoms with Crippen molar-refractivity contribution in [2.45, 2.75) is 6.54 Å². The summed E-state index contributed by atoms with van der Waals surface area (Å²) in [4.78, 5) is 22.8. The van der Waals surface area contributed by atoms with E-state index in [4.69, 9.17) is 10.2 Å². The smallest absolute Gasteiger partial charge is 1.00 e. The molecule has 0 saturated heterocycles. The van der Waals surface area contributed by atoms with Crippen LogP contribution in [0.2, 0.25) is 0 Å². The van der Waals surface area contributed by atoms with Crippen molar-refractivity contribution in [3.8, 4) is 0 Å². The van der Waals surface area contributed by atoms with Crippen LogP contribution in [0, 0.1) is 0 Å². The van der Waals surface area contributed by atoms with Crippen LogP contribution in [0.4, 0.5) is 0 Å². The fourth-order valence-electron chi connectivity index (χ4n) is 2.04. The van der Waals surface area contributed by atoms with E-state index in [9.17, 15) is 9.59 Å². The van der Waals surface area contributed by atoms with E-state index in [1.54, 1.807) is 10.9 Å². The standard InChI is InChI=1S/C13H15N3O4.2Na.2H/c17-12(18)8-15(9-13(19)20)5-6-16-11-4-2-1-3-10(11)7-14-16;;;;/h1-4,7H,5-6,8-9H2,(H,17,18)(H,19,20);;;;/q;2*+1;2*-1. The maximum absolute atomic E-state index is 10.7. The second-order valence-corrected chi connectivity index (χ2v) is 4.42. The molecule has 2 N–H and O–H groups in total. The fourth-order valence-corrected chi connectivity index (χ4v) is 2.04. The molecule has 1 aromatic heterocycles. The number of hydrogen-bond acceptors (Lipinski definition) is 4. The number of nitrogens with zero attached hydrogens (tertiary/aromatic N) is 3. The molecule has 110 valence electrons. The van der Waals surface area contributed by atoms with Crippen LogP contribution in [0.25, 0.3) is 10.9 Å². The normalized spacial score (nSPS) is 10.0. The van der Waals surface area contributed by atoms with Gasteiger partial charge in [0.2, 0.25) is 0 Å². The molecule has 0 atom stereocenters. The Balaban J connectivity index is -0.00000110. The van der Waals surface area contributed by atoms with Crippen molar-refractivity contribution in [1.82, 2.24) is 14.7 Å². The molecule has 0 bridgehead atoms. The molecule has 1 heterocycles. The third-order valence-corrected chi connectivity index (χ3v) is 2.90. The summed E-state index contributed by atoms with van der Waals surface area (Å²) in [7, 11) is 0. The first-order valence-corrected chi connectivity index (χ1v) is 6.13. The van der Waals surface area contributed by atoms with E-state index in [0.29, 0.717) is 13.1 Å². The van der Waals surface area contributed by atoms with E-state index >= 15 is 0 Å². The van der Waals surface area contributed by atoms with Gasteiger partial charge < -0.3 is 13.1 Å². The van der Waals surface area contributed by atoms with Gasteiger partial charge in [-0.15, -0.1) is 0 Å². The third kappa shape index (κ3) is 6.37. The molecule has 0 fully saturated rings. The zero-order valence-electron chi connectivity index (χ0n) is 14.8. The number of benzene rings is 1. The van der Waals surface area contributed by atoms with Crippen LogP contribution >= 0.6 is 0 Å². The van der Waals surface area contributed by atoms with Crippen molar-refractivity contribution in [2.75, 3.05) is 19.6 Å². The molecule has 22 heavy (non-hydrogen) atoms. The quantitative estimate of drug-likeness (QED) is 0.494. The fraction of sp³-hybridized carbons (Fsp3) is 0.308. The number of carboxylic acid groups (broad SMARTS) is 2. The summed E-state index contributed by atoms with van der Waals surface area (Å²) in [5, 5.41) is 22.8. The Morgan fingerprint density at radius 2 is 1.73 bits per heavy atom. The molecule has 1 aromatic carbocycles.